The average Bonchev–Trinajstić information content (AvgIpc) is 2.98. The summed E-state index contributed by atoms with van der Waals surface area (Å²) in [4.78, 5) is 12.0. The van der Waals surface area contributed by atoms with E-state index in [1.807, 2.05) is 48.9 Å². The molecule has 0 aliphatic rings. The Morgan fingerprint density at radius 3 is 2.64 bits per heavy atom. The lowest BCUT2D eigenvalue weighted by molar-refractivity contribution is -0.138. The number of ether oxygens (including phenoxy) is 2. The maximum atomic E-state index is 12.0. The molecule has 3 aromatic rings. The van der Waals surface area contributed by atoms with Gasteiger partial charge in [0.25, 0.3) is 0 Å². The third-order valence-electron chi connectivity index (χ3n) is 4.13. The van der Waals surface area contributed by atoms with E-state index in [1.54, 1.807) is 30.3 Å². The second kappa shape index (κ2) is 9.24. The van der Waals surface area contributed by atoms with Gasteiger partial charge in [-0.2, -0.15) is 5.10 Å². The number of hydrogen-bond acceptors (Lipinski definition) is 4. The maximum absolute atomic E-state index is 12.0. The van der Waals surface area contributed by atoms with Gasteiger partial charge in [0, 0.05) is 22.4 Å². The molecule has 144 valence electrons. The zero-order valence-electron chi connectivity index (χ0n) is 15.8. The van der Waals surface area contributed by atoms with Crippen molar-refractivity contribution >= 4 is 23.6 Å². The summed E-state index contributed by atoms with van der Waals surface area (Å²) < 4.78 is 12.5. The molecule has 0 amide bonds. The van der Waals surface area contributed by atoms with E-state index in [0.29, 0.717) is 10.8 Å². The molecule has 0 N–H and O–H groups in total. The summed E-state index contributed by atoms with van der Waals surface area (Å²) in [7, 11) is 0. The highest BCUT2D eigenvalue weighted by molar-refractivity contribution is 6.30. The third-order valence-corrected chi connectivity index (χ3v) is 4.36. The van der Waals surface area contributed by atoms with E-state index in [-0.39, 0.29) is 13.2 Å². The molecule has 28 heavy (non-hydrogen) atoms. The monoisotopic (exact) mass is 396 g/mol. The predicted octanol–water partition coefficient (Wildman–Crippen LogP) is 4.78. The Morgan fingerprint density at radius 1 is 1.11 bits per heavy atom. The Morgan fingerprint density at radius 2 is 1.89 bits per heavy atom. The molecule has 1 heterocycles. The molecular weight excluding hydrogens is 376 g/mol. The van der Waals surface area contributed by atoms with Gasteiger partial charge in [0.2, 0.25) is 0 Å². The van der Waals surface area contributed by atoms with Crippen LogP contribution in [0.2, 0.25) is 5.02 Å². The van der Waals surface area contributed by atoms with Gasteiger partial charge >= 0.3 is 5.97 Å². The van der Waals surface area contributed by atoms with Crippen LogP contribution in [0.25, 0.3) is 11.8 Å². The van der Waals surface area contributed by atoms with Crippen LogP contribution >= 0.6 is 11.6 Å². The summed E-state index contributed by atoms with van der Waals surface area (Å²) in [6, 6.07) is 16.9. The molecule has 0 fully saturated rings. The predicted molar refractivity (Wildman–Crippen MR) is 110 cm³/mol. The van der Waals surface area contributed by atoms with Crippen molar-refractivity contribution in [1.82, 2.24) is 9.78 Å². The normalized spacial score (nSPS) is 11.0. The Bertz CT molecular complexity index is 981. The SMILES string of the molecule is Cc1nn(-c2ccccc2)c(C)c1C=CC(=O)OCCOc1cccc(Cl)c1. The molecule has 0 saturated heterocycles. The van der Waals surface area contributed by atoms with E-state index in [9.17, 15) is 4.79 Å². The molecule has 0 aliphatic heterocycles. The molecule has 6 heteroatoms. The number of para-hydroxylation sites is 1. The van der Waals surface area contributed by atoms with Crippen LogP contribution in [0, 0.1) is 13.8 Å². The molecule has 3 rings (SSSR count). The van der Waals surface area contributed by atoms with E-state index in [0.717, 1.165) is 22.6 Å². The van der Waals surface area contributed by atoms with Crippen molar-refractivity contribution < 1.29 is 14.3 Å². The van der Waals surface area contributed by atoms with Crippen molar-refractivity contribution in [2.24, 2.45) is 0 Å². The average molecular weight is 397 g/mol. The van der Waals surface area contributed by atoms with Crippen LogP contribution in [0.3, 0.4) is 0 Å². The summed E-state index contributed by atoms with van der Waals surface area (Å²) in [6.07, 6.45) is 3.14. The molecule has 1 aromatic heterocycles. The van der Waals surface area contributed by atoms with Gasteiger partial charge in [0.1, 0.15) is 19.0 Å². The van der Waals surface area contributed by atoms with Crippen molar-refractivity contribution in [3.63, 3.8) is 0 Å². The number of aryl methyl sites for hydroxylation is 1. The minimum Gasteiger partial charge on any atom is -0.490 e. The number of carbonyl (C=O) groups excluding carboxylic acids is 1. The molecule has 5 nitrogen and oxygen atoms in total. The first-order chi connectivity index (χ1) is 13.5. The van der Waals surface area contributed by atoms with Crippen LogP contribution in [-0.2, 0) is 9.53 Å². The van der Waals surface area contributed by atoms with Crippen LogP contribution in [0.15, 0.2) is 60.7 Å². The number of hydrogen-bond donors (Lipinski definition) is 0. The Labute approximate surface area is 169 Å². The quantitative estimate of drug-likeness (QED) is 0.327. The number of carbonyl (C=O) groups is 1. The number of aromatic nitrogens is 2. The highest BCUT2D eigenvalue weighted by atomic mass is 35.5. The summed E-state index contributed by atoms with van der Waals surface area (Å²) in [5.41, 5.74) is 3.67. The van der Waals surface area contributed by atoms with Gasteiger partial charge in [-0.15, -0.1) is 0 Å². The van der Waals surface area contributed by atoms with E-state index in [2.05, 4.69) is 5.10 Å². The van der Waals surface area contributed by atoms with Gasteiger partial charge in [-0.3, -0.25) is 0 Å². The largest absolute Gasteiger partial charge is 0.490 e. The second-order valence-corrected chi connectivity index (χ2v) is 6.57. The molecular formula is C22H21ClN2O3. The lowest BCUT2D eigenvalue weighted by Gasteiger charge is -2.06. The number of esters is 1. The first kappa shape index (κ1) is 19.7. The first-order valence-corrected chi connectivity index (χ1v) is 9.27. The van der Waals surface area contributed by atoms with Gasteiger partial charge in [0.15, 0.2) is 0 Å². The van der Waals surface area contributed by atoms with Crippen molar-refractivity contribution in [1.29, 1.82) is 0 Å². The highest BCUT2D eigenvalue weighted by Crippen LogP contribution is 2.19. The molecule has 0 saturated carbocycles. The van der Waals surface area contributed by atoms with Crippen LogP contribution in [0.5, 0.6) is 5.75 Å². The van der Waals surface area contributed by atoms with Gasteiger partial charge in [-0.1, -0.05) is 35.9 Å². The van der Waals surface area contributed by atoms with Crippen molar-refractivity contribution in [3.8, 4) is 11.4 Å². The Hall–Kier alpha value is -3.05. The first-order valence-electron chi connectivity index (χ1n) is 8.89. The van der Waals surface area contributed by atoms with Crippen LogP contribution in [0.4, 0.5) is 0 Å². The summed E-state index contributed by atoms with van der Waals surface area (Å²) in [5, 5.41) is 5.15. The van der Waals surface area contributed by atoms with Crippen LogP contribution < -0.4 is 4.74 Å². The minimum absolute atomic E-state index is 0.150. The summed E-state index contributed by atoms with van der Waals surface area (Å²) in [5.74, 6) is 0.208. The number of halogens is 1. The third kappa shape index (κ3) is 5.02. The molecule has 0 atom stereocenters. The molecule has 0 unspecified atom stereocenters. The molecule has 2 aromatic carbocycles. The summed E-state index contributed by atoms with van der Waals surface area (Å²) >= 11 is 5.89. The lowest BCUT2D eigenvalue weighted by atomic mass is 10.2. The number of nitrogens with zero attached hydrogens (tertiary/aromatic N) is 2. The maximum Gasteiger partial charge on any atom is 0.330 e. The van der Waals surface area contributed by atoms with E-state index < -0.39 is 5.97 Å². The second-order valence-electron chi connectivity index (χ2n) is 6.14. The fourth-order valence-electron chi connectivity index (χ4n) is 2.77. The number of benzene rings is 2. The van der Waals surface area contributed by atoms with Gasteiger partial charge in [0.05, 0.1) is 11.4 Å². The minimum atomic E-state index is -0.430. The fourth-order valence-corrected chi connectivity index (χ4v) is 2.95. The van der Waals surface area contributed by atoms with E-state index >= 15 is 0 Å². The standard InChI is InChI=1S/C22H21ClN2O3/c1-16-21(17(2)25(24-16)19-8-4-3-5-9-19)11-12-22(26)28-14-13-27-20-10-6-7-18(23)15-20/h3-12,15H,13-14H2,1-2H3. The topological polar surface area (TPSA) is 53.4 Å². The zero-order valence-corrected chi connectivity index (χ0v) is 16.5. The lowest BCUT2D eigenvalue weighted by Crippen LogP contribution is -2.10. The van der Waals surface area contributed by atoms with Crippen molar-refractivity contribution in [2.45, 2.75) is 13.8 Å². The zero-order chi connectivity index (χ0) is 19.9. The molecule has 0 aliphatic carbocycles. The smallest absolute Gasteiger partial charge is 0.330 e. The Balaban J connectivity index is 1.55. The van der Waals surface area contributed by atoms with Crippen LogP contribution in [-0.4, -0.2) is 29.0 Å². The highest BCUT2D eigenvalue weighted by Gasteiger charge is 2.11. The van der Waals surface area contributed by atoms with E-state index in [4.69, 9.17) is 21.1 Å². The number of rotatable bonds is 7. The molecule has 0 bridgehead atoms. The molecule has 0 spiro atoms. The Kier molecular flexibility index (Phi) is 6.50. The van der Waals surface area contributed by atoms with Gasteiger partial charge in [-0.05, 0) is 50.3 Å². The summed E-state index contributed by atoms with van der Waals surface area (Å²) in [6.45, 7) is 4.29. The van der Waals surface area contributed by atoms with Crippen molar-refractivity contribution in [2.75, 3.05) is 13.2 Å². The van der Waals surface area contributed by atoms with Gasteiger partial charge in [-0.25, -0.2) is 9.48 Å². The van der Waals surface area contributed by atoms with Crippen molar-refractivity contribution in [3.05, 3.63) is 82.6 Å². The fraction of sp³-hybridized carbons (Fsp3) is 0.182. The molecule has 0 radical (unpaired) electrons. The van der Waals surface area contributed by atoms with Gasteiger partial charge < -0.3 is 9.47 Å². The van der Waals surface area contributed by atoms with E-state index in [1.165, 1.54) is 6.08 Å². The van der Waals surface area contributed by atoms with Crippen LogP contribution in [0.1, 0.15) is 17.0 Å².